The highest BCUT2D eigenvalue weighted by molar-refractivity contribution is 5.71. The Morgan fingerprint density at radius 3 is 2.93 bits per heavy atom. The maximum atomic E-state index is 11.3. The van der Waals surface area contributed by atoms with Gasteiger partial charge in [0.05, 0.1) is 19.3 Å². The molecular weight excluding hydrogens is 182 g/mol. The van der Waals surface area contributed by atoms with Crippen LogP contribution in [0.1, 0.15) is 26.7 Å². The predicted molar refractivity (Wildman–Crippen MR) is 52.9 cm³/mol. The molecule has 4 heteroatoms. The molecule has 14 heavy (non-hydrogen) atoms. The van der Waals surface area contributed by atoms with E-state index in [0.717, 1.165) is 19.4 Å². The van der Waals surface area contributed by atoms with Crippen molar-refractivity contribution in [3.63, 3.8) is 0 Å². The Morgan fingerprint density at radius 2 is 2.36 bits per heavy atom. The van der Waals surface area contributed by atoms with E-state index in [0.29, 0.717) is 6.54 Å². The smallest absolute Gasteiger partial charge is 0.320 e. The predicted octanol–water partition coefficient (Wildman–Crippen LogP) is 0.395. The molecule has 1 fully saturated rings. The largest absolute Gasteiger partial charge is 0.462 e. The van der Waals surface area contributed by atoms with Gasteiger partial charge in [-0.15, -0.1) is 0 Å². The van der Waals surface area contributed by atoms with Crippen molar-refractivity contribution < 1.29 is 14.6 Å². The summed E-state index contributed by atoms with van der Waals surface area (Å²) in [5.41, 5.74) is 0. The molecule has 0 amide bonds. The van der Waals surface area contributed by atoms with E-state index < -0.39 is 0 Å². The zero-order chi connectivity index (χ0) is 10.6. The van der Waals surface area contributed by atoms with E-state index in [4.69, 9.17) is 9.84 Å². The number of rotatable bonds is 4. The number of esters is 1. The van der Waals surface area contributed by atoms with Crippen molar-refractivity contribution in [2.24, 2.45) is 0 Å². The van der Waals surface area contributed by atoms with Crippen LogP contribution in [0.4, 0.5) is 0 Å². The molecule has 0 bridgehead atoms. The highest BCUT2D eigenvalue weighted by Gasteiger charge is 2.25. The van der Waals surface area contributed by atoms with Gasteiger partial charge >= 0.3 is 5.97 Å². The summed E-state index contributed by atoms with van der Waals surface area (Å²) in [6, 6.07) is 0.148. The number of hydrogen-bond donors (Lipinski definition) is 1. The molecule has 82 valence electrons. The Bertz CT molecular complexity index is 194. The summed E-state index contributed by atoms with van der Waals surface area (Å²) >= 11 is 0. The number of likely N-dealkylation sites (tertiary alicyclic amines) is 1. The molecule has 0 saturated carbocycles. The second kappa shape index (κ2) is 5.32. The summed E-state index contributed by atoms with van der Waals surface area (Å²) in [6.07, 6.45) is 1.98. The first-order valence-corrected chi connectivity index (χ1v) is 5.18. The van der Waals surface area contributed by atoms with Crippen molar-refractivity contribution in [1.82, 2.24) is 4.90 Å². The third kappa shape index (κ3) is 3.27. The fourth-order valence-electron chi connectivity index (χ4n) is 1.78. The SMILES string of the molecule is CC(C)OC(=O)CN1CCC[C@@H]1CO. The van der Waals surface area contributed by atoms with E-state index >= 15 is 0 Å². The summed E-state index contributed by atoms with van der Waals surface area (Å²) in [4.78, 5) is 13.3. The lowest BCUT2D eigenvalue weighted by atomic mass is 10.2. The maximum Gasteiger partial charge on any atom is 0.320 e. The summed E-state index contributed by atoms with van der Waals surface area (Å²) in [5.74, 6) is -0.194. The Balaban J connectivity index is 2.32. The van der Waals surface area contributed by atoms with Crippen LogP contribution >= 0.6 is 0 Å². The van der Waals surface area contributed by atoms with Crippen molar-refractivity contribution in [3.05, 3.63) is 0 Å². The third-order valence-electron chi connectivity index (χ3n) is 2.41. The zero-order valence-corrected chi connectivity index (χ0v) is 8.90. The fraction of sp³-hybridized carbons (Fsp3) is 0.900. The molecule has 0 aromatic heterocycles. The highest BCUT2D eigenvalue weighted by Crippen LogP contribution is 2.16. The van der Waals surface area contributed by atoms with Gasteiger partial charge in [0.25, 0.3) is 0 Å². The minimum Gasteiger partial charge on any atom is -0.462 e. The lowest BCUT2D eigenvalue weighted by Crippen LogP contribution is -2.37. The van der Waals surface area contributed by atoms with Crippen LogP contribution in [0.5, 0.6) is 0 Å². The van der Waals surface area contributed by atoms with Crippen molar-refractivity contribution in [1.29, 1.82) is 0 Å². The minimum absolute atomic E-state index is 0.0577. The third-order valence-corrected chi connectivity index (χ3v) is 2.41. The Hall–Kier alpha value is -0.610. The molecule has 0 unspecified atom stereocenters. The van der Waals surface area contributed by atoms with Gasteiger partial charge in [0.15, 0.2) is 0 Å². The number of aliphatic hydroxyl groups is 1. The average molecular weight is 201 g/mol. The highest BCUT2D eigenvalue weighted by atomic mass is 16.5. The van der Waals surface area contributed by atoms with E-state index in [1.54, 1.807) is 0 Å². The number of ether oxygens (including phenoxy) is 1. The van der Waals surface area contributed by atoms with Crippen LogP contribution in [0.25, 0.3) is 0 Å². The van der Waals surface area contributed by atoms with Gasteiger partial charge in [-0.25, -0.2) is 0 Å². The lowest BCUT2D eigenvalue weighted by Gasteiger charge is -2.21. The first kappa shape index (κ1) is 11.5. The Labute approximate surface area is 84.8 Å². The second-order valence-corrected chi connectivity index (χ2v) is 3.99. The number of carbonyl (C=O) groups excluding carboxylic acids is 1. The van der Waals surface area contributed by atoms with Gasteiger partial charge in [-0.3, -0.25) is 9.69 Å². The van der Waals surface area contributed by atoms with Crippen LogP contribution in [0.2, 0.25) is 0 Å². The molecule has 0 aromatic carbocycles. The maximum absolute atomic E-state index is 11.3. The van der Waals surface area contributed by atoms with E-state index in [1.807, 2.05) is 18.7 Å². The van der Waals surface area contributed by atoms with Crippen molar-refractivity contribution >= 4 is 5.97 Å². The molecule has 0 radical (unpaired) electrons. The molecule has 1 aliphatic heterocycles. The van der Waals surface area contributed by atoms with E-state index in [2.05, 4.69) is 0 Å². The molecular formula is C10H19NO3. The first-order chi connectivity index (χ1) is 6.63. The number of carbonyl (C=O) groups is 1. The first-order valence-electron chi connectivity index (χ1n) is 5.18. The van der Waals surface area contributed by atoms with Crippen molar-refractivity contribution in [2.75, 3.05) is 19.7 Å². The molecule has 1 N–H and O–H groups in total. The molecule has 4 nitrogen and oxygen atoms in total. The van der Waals surface area contributed by atoms with Gasteiger partial charge in [0.1, 0.15) is 0 Å². The Morgan fingerprint density at radius 1 is 1.64 bits per heavy atom. The van der Waals surface area contributed by atoms with Gasteiger partial charge < -0.3 is 9.84 Å². The summed E-state index contributed by atoms with van der Waals surface area (Å²) in [7, 11) is 0. The van der Waals surface area contributed by atoms with Gasteiger partial charge in [-0.05, 0) is 33.2 Å². The quantitative estimate of drug-likeness (QED) is 0.669. The molecule has 0 aromatic rings. The molecule has 0 spiro atoms. The van der Waals surface area contributed by atoms with E-state index in [9.17, 15) is 4.79 Å². The molecule has 1 saturated heterocycles. The topological polar surface area (TPSA) is 49.8 Å². The monoisotopic (exact) mass is 201 g/mol. The van der Waals surface area contributed by atoms with Gasteiger partial charge in [-0.2, -0.15) is 0 Å². The molecule has 0 aliphatic carbocycles. The molecule has 1 atom stereocenters. The zero-order valence-electron chi connectivity index (χ0n) is 8.90. The van der Waals surface area contributed by atoms with Crippen LogP contribution in [0.15, 0.2) is 0 Å². The van der Waals surface area contributed by atoms with Gasteiger partial charge in [0, 0.05) is 6.04 Å². The van der Waals surface area contributed by atoms with Crippen molar-refractivity contribution in [3.8, 4) is 0 Å². The minimum atomic E-state index is -0.194. The molecule has 1 heterocycles. The van der Waals surface area contributed by atoms with Crippen LogP contribution in [0.3, 0.4) is 0 Å². The summed E-state index contributed by atoms with van der Waals surface area (Å²) in [5, 5.41) is 9.04. The summed E-state index contributed by atoms with van der Waals surface area (Å²) < 4.78 is 5.04. The van der Waals surface area contributed by atoms with Crippen LogP contribution in [-0.2, 0) is 9.53 Å². The van der Waals surface area contributed by atoms with Gasteiger partial charge in [0.2, 0.25) is 0 Å². The van der Waals surface area contributed by atoms with Crippen LogP contribution in [-0.4, -0.2) is 47.8 Å². The van der Waals surface area contributed by atoms with Gasteiger partial charge in [-0.1, -0.05) is 0 Å². The molecule has 1 rings (SSSR count). The molecule has 1 aliphatic rings. The van der Waals surface area contributed by atoms with E-state index in [-0.39, 0.29) is 24.7 Å². The Kier molecular flexibility index (Phi) is 4.35. The second-order valence-electron chi connectivity index (χ2n) is 3.99. The number of nitrogens with zero attached hydrogens (tertiary/aromatic N) is 1. The summed E-state index contributed by atoms with van der Waals surface area (Å²) in [6.45, 7) is 5.01. The average Bonchev–Trinajstić information content (AvgIpc) is 2.50. The van der Waals surface area contributed by atoms with E-state index in [1.165, 1.54) is 0 Å². The number of hydrogen-bond acceptors (Lipinski definition) is 4. The lowest BCUT2D eigenvalue weighted by molar-refractivity contribution is -0.149. The normalized spacial score (nSPS) is 23.0. The van der Waals surface area contributed by atoms with Crippen LogP contribution < -0.4 is 0 Å². The van der Waals surface area contributed by atoms with Crippen molar-refractivity contribution in [2.45, 2.75) is 38.8 Å². The fourth-order valence-corrected chi connectivity index (χ4v) is 1.78. The van der Waals surface area contributed by atoms with Crippen LogP contribution in [0, 0.1) is 0 Å². The standard InChI is InChI=1S/C10H19NO3/c1-8(2)14-10(13)6-11-5-3-4-9(11)7-12/h8-9,12H,3-7H2,1-2H3/t9-/m1/s1. The number of aliphatic hydroxyl groups excluding tert-OH is 1.